The van der Waals surface area contributed by atoms with Gasteiger partial charge in [-0.25, -0.2) is 9.97 Å². The van der Waals surface area contributed by atoms with E-state index in [1.54, 1.807) is 7.11 Å². The number of hydrogen-bond acceptors (Lipinski definition) is 5. The molecule has 2 aromatic rings. The molecule has 23 heavy (non-hydrogen) atoms. The summed E-state index contributed by atoms with van der Waals surface area (Å²) in [7, 11) is 1.64. The number of carbonyl (C=O) groups is 1. The zero-order valence-electron chi connectivity index (χ0n) is 13.7. The molecule has 2 rings (SSSR count). The maximum Gasteiger partial charge on any atom is 0.254 e. The van der Waals surface area contributed by atoms with Crippen molar-refractivity contribution in [3.05, 3.63) is 47.3 Å². The van der Waals surface area contributed by atoms with Crippen LogP contribution in [0.5, 0.6) is 0 Å². The Hall–Kier alpha value is -2.47. The van der Waals surface area contributed by atoms with Crippen LogP contribution in [0.3, 0.4) is 0 Å². The molecule has 122 valence electrons. The molecule has 0 saturated carbocycles. The molecule has 0 bridgehead atoms. The van der Waals surface area contributed by atoms with E-state index >= 15 is 0 Å². The molecule has 1 aromatic carbocycles. The molecule has 1 amide bonds. The molecule has 0 fully saturated rings. The zero-order valence-corrected chi connectivity index (χ0v) is 13.7. The van der Waals surface area contributed by atoms with Crippen molar-refractivity contribution in [3.63, 3.8) is 0 Å². The summed E-state index contributed by atoms with van der Waals surface area (Å²) < 4.78 is 4.94. The Balaban J connectivity index is 1.96. The van der Waals surface area contributed by atoms with Crippen molar-refractivity contribution in [1.82, 2.24) is 15.3 Å². The largest absolute Gasteiger partial charge is 0.385 e. The monoisotopic (exact) mass is 314 g/mol. The normalized spacial score (nSPS) is 10.4. The lowest BCUT2D eigenvalue weighted by molar-refractivity contribution is 0.0948. The van der Waals surface area contributed by atoms with Gasteiger partial charge in [0.1, 0.15) is 0 Å². The Labute approximate surface area is 136 Å². The average Bonchev–Trinajstić information content (AvgIpc) is 2.56. The van der Waals surface area contributed by atoms with E-state index in [1.165, 1.54) is 18.0 Å². The summed E-state index contributed by atoms with van der Waals surface area (Å²) in [5.41, 5.74) is 3.74. The lowest BCUT2D eigenvalue weighted by Crippen LogP contribution is -2.25. The first-order valence-corrected chi connectivity index (χ1v) is 7.54. The van der Waals surface area contributed by atoms with Crippen LogP contribution in [-0.2, 0) is 4.74 Å². The van der Waals surface area contributed by atoms with Gasteiger partial charge in [0, 0.05) is 38.3 Å². The highest BCUT2D eigenvalue weighted by molar-refractivity contribution is 5.93. The summed E-state index contributed by atoms with van der Waals surface area (Å²) in [6.45, 7) is 5.28. The van der Waals surface area contributed by atoms with Gasteiger partial charge in [0.25, 0.3) is 5.91 Å². The summed E-state index contributed by atoms with van der Waals surface area (Å²) in [5.74, 6) is 0.286. The van der Waals surface area contributed by atoms with Crippen LogP contribution in [-0.4, -0.2) is 36.1 Å². The molecule has 0 spiro atoms. The number of aromatic nitrogens is 2. The molecular weight excluding hydrogens is 292 g/mol. The molecular formula is C17H22N4O2. The van der Waals surface area contributed by atoms with Gasteiger partial charge in [0.15, 0.2) is 0 Å². The van der Waals surface area contributed by atoms with Gasteiger partial charge in [-0.1, -0.05) is 12.1 Å². The number of carbonyl (C=O) groups excluding carboxylic acids is 1. The van der Waals surface area contributed by atoms with E-state index in [-0.39, 0.29) is 5.91 Å². The average molecular weight is 314 g/mol. The highest BCUT2D eigenvalue weighted by Crippen LogP contribution is 2.20. The third-order valence-electron chi connectivity index (χ3n) is 3.58. The summed E-state index contributed by atoms with van der Waals surface area (Å²) >= 11 is 0. The minimum atomic E-state index is -0.181. The van der Waals surface area contributed by atoms with E-state index in [0.29, 0.717) is 24.7 Å². The lowest BCUT2D eigenvalue weighted by Gasteiger charge is -2.10. The molecule has 2 N–H and O–H groups in total. The Morgan fingerprint density at radius 2 is 1.96 bits per heavy atom. The van der Waals surface area contributed by atoms with Crippen molar-refractivity contribution in [2.24, 2.45) is 0 Å². The van der Waals surface area contributed by atoms with E-state index in [1.807, 2.05) is 19.1 Å². The summed E-state index contributed by atoms with van der Waals surface area (Å²) in [6, 6.07) is 6.01. The first-order chi connectivity index (χ1) is 11.1. The highest BCUT2D eigenvalue weighted by atomic mass is 16.5. The van der Waals surface area contributed by atoms with Crippen molar-refractivity contribution in [2.75, 3.05) is 25.6 Å². The van der Waals surface area contributed by atoms with Gasteiger partial charge in [0.2, 0.25) is 5.95 Å². The quantitative estimate of drug-likeness (QED) is 0.768. The Morgan fingerprint density at radius 3 is 2.65 bits per heavy atom. The maximum atomic E-state index is 11.9. The van der Waals surface area contributed by atoms with Crippen LogP contribution in [0.25, 0.3) is 0 Å². The second kappa shape index (κ2) is 8.24. The van der Waals surface area contributed by atoms with E-state index < -0.39 is 0 Å². The molecule has 0 saturated heterocycles. The van der Waals surface area contributed by atoms with Crippen LogP contribution in [0.1, 0.15) is 27.9 Å². The smallest absolute Gasteiger partial charge is 0.254 e. The van der Waals surface area contributed by atoms with Crippen molar-refractivity contribution < 1.29 is 9.53 Å². The van der Waals surface area contributed by atoms with E-state index in [9.17, 15) is 4.79 Å². The van der Waals surface area contributed by atoms with Gasteiger partial charge in [-0.2, -0.15) is 0 Å². The molecule has 0 atom stereocenters. The fourth-order valence-corrected chi connectivity index (χ4v) is 2.04. The minimum absolute atomic E-state index is 0.181. The molecule has 1 heterocycles. The molecule has 0 aliphatic rings. The predicted octanol–water partition coefficient (Wildman–Crippen LogP) is 2.60. The van der Waals surface area contributed by atoms with Crippen LogP contribution in [0.15, 0.2) is 30.6 Å². The van der Waals surface area contributed by atoms with Gasteiger partial charge >= 0.3 is 0 Å². The number of benzene rings is 1. The van der Waals surface area contributed by atoms with Crippen molar-refractivity contribution >= 4 is 17.5 Å². The van der Waals surface area contributed by atoms with Crippen LogP contribution in [0.4, 0.5) is 11.6 Å². The van der Waals surface area contributed by atoms with Crippen LogP contribution in [0.2, 0.25) is 0 Å². The van der Waals surface area contributed by atoms with Crippen molar-refractivity contribution in [2.45, 2.75) is 20.3 Å². The highest BCUT2D eigenvalue weighted by Gasteiger charge is 2.07. The summed E-state index contributed by atoms with van der Waals surface area (Å²) in [5, 5.41) is 5.97. The number of nitrogens with zero attached hydrogens (tertiary/aromatic N) is 2. The van der Waals surface area contributed by atoms with E-state index in [2.05, 4.69) is 33.6 Å². The Kier molecular flexibility index (Phi) is 6.05. The van der Waals surface area contributed by atoms with Gasteiger partial charge in [-0.05, 0) is 37.5 Å². The van der Waals surface area contributed by atoms with Crippen LogP contribution < -0.4 is 10.6 Å². The zero-order chi connectivity index (χ0) is 16.7. The number of nitrogens with one attached hydrogen (secondary N) is 2. The number of amides is 1. The molecule has 0 radical (unpaired) electrons. The second-order valence-electron chi connectivity index (χ2n) is 5.27. The topological polar surface area (TPSA) is 76.1 Å². The first-order valence-electron chi connectivity index (χ1n) is 7.54. The third-order valence-corrected chi connectivity index (χ3v) is 3.58. The van der Waals surface area contributed by atoms with Gasteiger partial charge < -0.3 is 15.4 Å². The third kappa shape index (κ3) is 4.75. The number of anilines is 2. The molecule has 0 unspecified atom stereocenters. The van der Waals surface area contributed by atoms with E-state index in [4.69, 9.17) is 4.74 Å². The number of aryl methyl sites for hydroxylation is 1. The fourth-order valence-electron chi connectivity index (χ4n) is 2.04. The predicted molar refractivity (Wildman–Crippen MR) is 90.1 cm³/mol. The fraction of sp³-hybridized carbons (Fsp3) is 0.353. The number of ether oxygens (including phenoxy) is 1. The van der Waals surface area contributed by atoms with Crippen molar-refractivity contribution in [1.29, 1.82) is 0 Å². The Bertz CT molecular complexity index is 656. The van der Waals surface area contributed by atoms with Crippen LogP contribution >= 0.6 is 0 Å². The molecule has 1 aromatic heterocycles. The number of methoxy groups -OCH3 is 1. The van der Waals surface area contributed by atoms with Gasteiger partial charge in [-0.3, -0.25) is 4.79 Å². The van der Waals surface area contributed by atoms with Crippen molar-refractivity contribution in [3.8, 4) is 0 Å². The van der Waals surface area contributed by atoms with E-state index in [0.717, 1.165) is 17.7 Å². The van der Waals surface area contributed by atoms with Gasteiger partial charge in [0.05, 0.1) is 5.56 Å². The molecule has 0 aliphatic heterocycles. The standard InChI is InChI=1S/C17H22N4O2/c1-12-6-4-7-15(13(12)2)21-17-19-10-14(11-20-17)16(22)18-8-5-9-23-3/h4,6-7,10-11H,5,8-9H2,1-3H3,(H,18,22)(H,19,20,21). The van der Waals surface area contributed by atoms with Crippen LogP contribution in [0, 0.1) is 13.8 Å². The molecule has 6 nitrogen and oxygen atoms in total. The number of hydrogen-bond donors (Lipinski definition) is 2. The summed E-state index contributed by atoms with van der Waals surface area (Å²) in [6.07, 6.45) is 3.81. The molecule has 0 aliphatic carbocycles. The Morgan fingerprint density at radius 1 is 1.22 bits per heavy atom. The summed E-state index contributed by atoms with van der Waals surface area (Å²) in [4.78, 5) is 20.3. The lowest BCUT2D eigenvalue weighted by atomic mass is 10.1. The second-order valence-corrected chi connectivity index (χ2v) is 5.27. The SMILES string of the molecule is COCCCNC(=O)c1cnc(Nc2cccc(C)c2C)nc1. The first kappa shape index (κ1) is 16.9. The maximum absolute atomic E-state index is 11.9. The van der Waals surface area contributed by atoms with Gasteiger partial charge in [-0.15, -0.1) is 0 Å². The molecule has 6 heteroatoms. The minimum Gasteiger partial charge on any atom is -0.385 e. The number of rotatable bonds is 7.